The first kappa shape index (κ1) is 16.7. The maximum Gasteiger partial charge on any atom is 0.416 e. The molecule has 0 heterocycles. The van der Waals surface area contributed by atoms with Gasteiger partial charge in [-0.1, -0.05) is 18.2 Å². The molecule has 1 rings (SSSR count). The standard InChI is InChI=1S/C11H13F3N2O.ClH/c1-7(15)10(17)16-6-8-4-2-3-5-9(8)11(12,13)14;/h2-5,7H,6,15H2,1H3,(H,16,17);1H/t7-;/m1./s1. The molecule has 0 aliphatic carbocycles. The summed E-state index contributed by atoms with van der Waals surface area (Å²) in [7, 11) is 0. The first-order valence-electron chi connectivity index (χ1n) is 5.00. The van der Waals surface area contributed by atoms with Crippen molar-refractivity contribution in [2.24, 2.45) is 5.73 Å². The lowest BCUT2D eigenvalue weighted by Gasteiger charge is -2.13. The highest BCUT2D eigenvalue weighted by Crippen LogP contribution is 2.31. The number of hydrogen-bond acceptors (Lipinski definition) is 2. The number of carbonyl (C=O) groups excluding carboxylic acids is 1. The van der Waals surface area contributed by atoms with Gasteiger partial charge in [0.05, 0.1) is 11.6 Å². The van der Waals surface area contributed by atoms with Crippen LogP contribution in [0, 0.1) is 0 Å². The Morgan fingerprint density at radius 3 is 2.44 bits per heavy atom. The van der Waals surface area contributed by atoms with E-state index in [0.717, 1.165) is 6.07 Å². The minimum atomic E-state index is -4.42. The number of benzene rings is 1. The van der Waals surface area contributed by atoms with E-state index in [-0.39, 0.29) is 24.5 Å². The van der Waals surface area contributed by atoms with Gasteiger partial charge in [-0.3, -0.25) is 4.79 Å². The molecule has 0 aliphatic heterocycles. The molecule has 1 atom stereocenters. The van der Waals surface area contributed by atoms with Crippen LogP contribution >= 0.6 is 12.4 Å². The molecule has 0 radical (unpaired) electrons. The summed E-state index contributed by atoms with van der Waals surface area (Å²) < 4.78 is 37.8. The summed E-state index contributed by atoms with van der Waals surface area (Å²) in [4.78, 5) is 11.2. The number of nitrogens with two attached hydrogens (primary N) is 1. The second kappa shape index (κ2) is 6.61. The topological polar surface area (TPSA) is 55.1 Å². The summed E-state index contributed by atoms with van der Waals surface area (Å²) in [6, 6.07) is 4.35. The van der Waals surface area contributed by atoms with Crippen LogP contribution in [0.5, 0.6) is 0 Å². The van der Waals surface area contributed by atoms with Crippen LogP contribution in [-0.2, 0) is 17.5 Å². The summed E-state index contributed by atoms with van der Waals surface area (Å²) in [6.07, 6.45) is -4.42. The van der Waals surface area contributed by atoms with Gasteiger partial charge in [-0.25, -0.2) is 0 Å². The van der Waals surface area contributed by atoms with Crippen molar-refractivity contribution in [2.45, 2.75) is 25.7 Å². The maximum absolute atomic E-state index is 12.6. The Morgan fingerprint density at radius 1 is 1.39 bits per heavy atom. The Morgan fingerprint density at radius 2 is 1.94 bits per heavy atom. The Hall–Kier alpha value is -1.27. The van der Waals surface area contributed by atoms with Crippen LogP contribution < -0.4 is 11.1 Å². The average molecular weight is 283 g/mol. The van der Waals surface area contributed by atoms with Crippen molar-refractivity contribution in [1.29, 1.82) is 0 Å². The number of alkyl halides is 3. The fourth-order valence-corrected chi connectivity index (χ4v) is 1.29. The van der Waals surface area contributed by atoms with Crippen LogP contribution in [0.25, 0.3) is 0 Å². The second-order valence-corrected chi connectivity index (χ2v) is 3.66. The van der Waals surface area contributed by atoms with Crippen LogP contribution in [0.15, 0.2) is 24.3 Å². The lowest BCUT2D eigenvalue weighted by Crippen LogP contribution is -2.38. The predicted molar refractivity (Wildman–Crippen MR) is 64.2 cm³/mol. The number of carbonyl (C=O) groups is 1. The monoisotopic (exact) mass is 282 g/mol. The summed E-state index contributed by atoms with van der Waals surface area (Å²) in [5.41, 5.74) is 4.57. The van der Waals surface area contributed by atoms with Gasteiger partial charge in [-0.15, -0.1) is 12.4 Å². The zero-order valence-electron chi connectivity index (χ0n) is 9.62. The number of rotatable bonds is 3. The molecule has 3 N–H and O–H groups in total. The molecule has 1 amide bonds. The van der Waals surface area contributed by atoms with E-state index in [1.807, 2.05) is 0 Å². The minimum Gasteiger partial charge on any atom is -0.351 e. The van der Waals surface area contributed by atoms with Gasteiger partial charge in [-0.05, 0) is 18.6 Å². The molecule has 0 bridgehead atoms. The van der Waals surface area contributed by atoms with Gasteiger partial charge < -0.3 is 11.1 Å². The number of amides is 1. The molecule has 0 fully saturated rings. The summed E-state index contributed by atoms with van der Waals surface area (Å²) in [6.45, 7) is 1.28. The van der Waals surface area contributed by atoms with Crippen LogP contribution in [-0.4, -0.2) is 11.9 Å². The van der Waals surface area contributed by atoms with Crippen molar-refractivity contribution in [3.8, 4) is 0 Å². The van der Waals surface area contributed by atoms with E-state index in [0.29, 0.717) is 0 Å². The molecule has 0 saturated heterocycles. The van der Waals surface area contributed by atoms with Crippen molar-refractivity contribution >= 4 is 18.3 Å². The molecular formula is C11H14ClF3N2O. The maximum atomic E-state index is 12.6. The smallest absolute Gasteiger partial charge is 0.351 e. The largest absolute Gasteiger partial charge is 0.416 e. The highest BCUT2D eigenvalue weighted by Gasteiger charge is 2.32. The zero-order chi connectivity index (χ0) is 13.1. The summed E-state index contributed by atoms with van der Waals surface area (Å²) in [5.74, 6) is -0.484. The lowest BCUT2D eigenvalue weighted by atomic mass is 10.1. The molecular weight excluding hydrogens is 269 g/mol. The van der Waals surface area contributed by atoms with Crippen molar-refractivity contribution in [2.75, 3.05) is 0 Å². The molecule has 7 heteroatoms. The molecule has 1 aromatic rings. The molecule has 0 aromatic heterocycles. The Kier molecular flexibility index (Phi) is 6.14. The summed E-state index contributed by atoms with van der Waals surface area (Å²) >= 11 is 0. The van der Waals surface area contributed by atoms with Crippen LogP contribution in [0.3, 0.4) is 0 Å². The van der Waals surface area contributed by atoms with Crippen LogP contribution in [0.4, 0.5) is 13.2 Å². The van der Waals surface area contributed by atoms with Gasteiger partial charge >= 0.3 is 6.18 Å². The number of nitrogens with one attached hydrogen (secondary N) is 1. The highest BCUT2D eigenvalue weighted by atomic mass is 35.5. The lowest BCUT2D eigenvalue weighted by molar-refractivity contribution is -0.138. The van der Waals surface area contributed by atoms with Gasteiger partial charge in [0.25, 0.3) is 0 Å². The van der Waals surface area contributed by atoms with Crippen molar-refractivity contribution < 1.29 is 18.0 Å². The second-order valence-electron chi connectivity index (χ2n) is 3.66. The third-order valence-electron chi connectivity index (χ3n) is 2.19. The Labute approximate surface area is 109 Å². The normalized spacial score (nSPS) is 12.5. The average Bonchev–Trinajstić information content (AvgIpc) is 2.24. The third kappa shape index (κ3) is 4.54. The predicted octanol–water partition coefficient (Wildman–Crippen LogP) is 2.09. The van der Waals surface area contributed by atoms with E-state index < -0.39 is 23.7 Å². The molecule has 0 aliphatic rings. The fraction of sp³-hybridized carbons (Fsp3) is 0.364. The molecule has 1 aromatic carbocycles. The van der Waals surface area contributed by atoms with E-state index in [9.17, 15) is 18.0 Å². The van der Waals surface area contributed by atoms with Crippen molar-refractivity contribution in [1.82, 2.24) is 5.32 Å². The molecule has 102 valence electrons. The molecule has 3 nitrogen and oxygen atoms in total. The van der Waals surface area contributed by atoms with E-state index in [2.05, 4.69) is 5.32 Å². The van der Waals surface area contributed by atoms with Crippen LogP contribution in [0.1, 0.15) is 18.1 Å². The number of hydrogen-bond donors (Lipinski definition) is 2. The van der Waals surface area contributed by atoms with Gasteiger partial charge in [-0.2, -0.15) is 13.2 Å². The summed E-state index contributed by atoms with van der Waals surface area (Å²) in [5, 5.41) is 2.35. The van der Waals surface area contributed by atoms with Gasteiger partial charge in [0.15, 0.2) is 0 Å². The van der Waals surface area contributed by atoms with E-state index in [4.69, 9.17) is 5.73 Å². The Balaban J connectivity index is 0.00000289. The fourth-order valence-electron chi connectivity index (χ4n) is 1.29. The number of halogens is 4. The minimum absolute atomic E-state index is 0. The van der Waals surface area contributed by atoms with Gasteiger partial charge in [0.1, 0.15) is 0 Å². The zero-order valence-corrected chi connectivity index (χ0v) is 10.4. The highest BCUT2D eigenvalue weighted by molar-refractivity contribution is 5.85. The SMILES string of the molecule is C[C@@H](N)C(=O)NCc1ccccc1C(F)(F)F.Cl. The van der Waals surface area contributed by atoms with Gasteiger partial charge in [0, 0.05) is 6.54 Å². The Bertz CT molecular complexity index is 408. The van der Waals surface area contributed by atoms with E-state index in [1.165, 1.54) is 25.1 Å². The first-order chi connectivity index (χ1) is 7.82. The van der Waals surface area contributed by atoms with Gasteiger partial charge in [0.2, 0.25) is 5.91 Å². The van der Waals surface area contributed by atoms with Crippen LogP contribution in [0.2, 0.25) is 0 Å². The first-order valence-corrected chi connectivity index (χ1v) is 5.00. The molecule has 0 unspecified atom stereocenters. The molecule has 0 spiro atoms. The van der Waals surface area contributed by atoms with Crippen molar-refractivity contribution in [3.05, 3.63) is 35.4 Å². The molecule has 0 saturated carbocycles. The van der Waals surface area contributed by atoms with E-state index in [1.54, 1.807) is 0 Å². The van der Waals surface area contributed by atoms with Crippen molar-refractivity contribution in [3.63, 3.8) is 0 Å². The van der Waals surface area contributed by atoms with E-state index >= 15 is 0 Å². The molecule has 18 heavy (non-hydrogen) atoms. The quantitative estimate of drug-likeness (QED) is 0.892. The third-order valence-corrected chi connectivity index (χ3v) is 2.19.